The van der Waals surface area contributed by atoms with Crippen LogP contribution in [0.4, 0.5) is 5.69 Å². The fraction of sp³-hybridized carbons (Fsp3) is 0.125. The summed E-state index contributed by atoms with van der Waals surface area (Å²) in [5, 5.41) is 14.8. The van der Waals surface area contributed by atoms with Crippen molar-refractivity contribution in [3.05, 3.63) is 58.2 Å². The molecule has 0 unspecified atom stereocenters. The highest BCUT2D eigenvalue weighted by Crippen LogP contribution is 2.23. The predicted octanol–water partition coefficient (Wildman–Crippen LogP) is 3.33. The zero-order chi connectivity index (χ0) is 15.9. The monoisotopic (exact) mass is 315 g/mol. The lowest BCUT2D eigenvalue weighted by molar-refractivity contribution is 0.0691. The van der Waals surface area contributed by atoms with Crippen molar-refractivity contribution in [2.24, 2.45) is 0 Å². The normalized spacial score (nSPS) is 11.0. The van der Waals surface area contributed by atoms with Gasteiger partial charge in [0.05, 0.1) is 12.1 Å². The van der Waals surface area contributed by atoms with Crippen LogP contribution >= 0.6 is 11.6 Å². The highest BCUT2D eigenvalue weighted by atomic mass is 35.5. The largest absolute Gasteiger partial charge is 0.476 e. The molecule has 3 N–H and O–H groups in total. The molecule has 22 heavy (non-hydrogen) atoms. The van der Waals surface area contributed by atoms with Crippen LogP contribution in [0.2, 0.25) is 5.02 Å². The number of halogens is 1. The summed E-state index contributed by atoms with van der Waals surface area (Å²) in [5.74, 6) is -1.05. The zero-order valence-electron chi connectivity index (χ0n) is 11.9. The van der Waals surface area contributed by atoms with Crippen molar-refractivity contribution >= 4 is 34.2 Å². The van der Waals surface area contributed by atoms with Crippen molar-refractivity contribution in [2.45, 2.75) is 13.5 Å². The Morgan fingerprint density at radius 3 is 2.77 bits per heavy atom. The third-order valence-electron chi connectivity index (χ3n) is 3.60. The Kier molecular flexibility index (Phi) is 3.50. The smallest absolute Gasteiger partial charge is 0.357 e. The molecule has 1 heterocycles. The Morgan fingerprint density at radius 1 is 1.32 bits per heavy atom. The molecule has 1 aromatic heterocycles. The molecule has 0 atom stereocenters. The van der Waals surface area contributed by atoms with E-state index in [1.165, 1.54) is 0 Å². The number of nitrogens with two attached hydrogens (primary N) is 1. The Morgan fingerprint density at radius 2 is 2.09 bits per heavy atom. The van der Waals surface area contributed by atoms with Gasteiger partial charge in [-0.05, 0) is 48.4 Å². The molecule has 3 aromatic rings. The summed E-state index contributed by atoms with van der Waals surface area (Å²) in [6.07, 6.45) is 0. The molecule has 0 saturated heterocycles. The Bertz CT molecular complexity index is 886. The lowest BCUT2D eigenvalue weighted by Crippen LogP contribution is -2.05. The van der Waals surface area contributed by atoms with Gasteiger partial charge in [-0.2, -0.15) is 5.10 Å². The number of carboxylic acid groups (broad SMARTS) is 1. The van der Waals surface area contributed by atoms with Gasteiger partial charge in [0.1, 0.15) is 0 Å². The summed E-state index contributed by atoms with van der Waals surface area (Å²) in [5.41, 5.74) is 9.16. The molecule has 112 valence electrons. The molecule has 2 aromatic carbocycles. The van der Waals surface area contributed by atoms with E-state index < -0.39 is 5.97 Å². The molecule has 6 heteroatoms. The van der Waals surface area contributed by atoms with Crippen LogP contribution in [0.5, 0.6) is 0 Å². The number of benzene rings is 2. The number of carboxylic acids is 1. The number of anilines is 1. The summed E-state index contributed by atoms with van der Waals surface area (Å²) < 4.78 is 1.66. The summed E-state index contributed by atoms with van der Waals surface area (Å²) >= 11 is 5.96. The first-order valence-corrected chi connectivity index (χ1v) is 7.08. The first-order chi connectivity index (χ1) is 10.5. The maximum Gasteiger partial charge on any atom is 0.357 e. The number of aromatic carboxylic acids is 1. The number of rotatable bonds is 3. The summed E-state index contributed by atoms with van der Waals surface area (Å²) in [4.78, 5) is 11.4. The quantitative estimate of drug-likeness (QED) is 0.726. The predicted molar refractivity (Wildman–Crippen MR) is 86.4 cm³/mol. The SMILES string of the molecule is Cc1cc(Cl)ccc1Cn1nc(C(=O)O)c2ccc(N)cc21. The lowest BCUT2D eigenvalue weighted by atomic mass is 10.1. The summed E-state index contributed by atoms with van der Waals surface area (Å²) in [7, 11) is 0. The number of nitrogen functional groups attached to an aromatic ring is 1. The first kappa shape index (κ1) is 14.4. The Labute approximate surface area is 131 Å². The van der Waals surface area contributed by atoms with Gasteiger partial charge in [-0.25, -0.2) is 4.79 Å². The maximum absolute atomic E-state index is 11.4. The molecule has 0 radical (unpaired) electrons. The summed E-state index contributed by atoms with van der Waals surface area (Å²) in [6.45, 7) is 2.41. The van der Waals surface area contributed by atoms with Gasteiger partial charge in [0, 0.05) is 16.1 Å². The summed E-state index contributed by atoms with van der Waals surface area (Å²) in [6, 6.07) is 10.7. The van der Waals surface area contributed by atoms with Crippen LogP contribution in [0.15, 0.2) is 36.4 Å². The van der Waals surface area contributed by atoms with Crippen molar-refractivity contribution in [3.63, 3.8) is 0 Å². The van der Waals surface area contributed by atoms with Crippen LogP contribution in [-0.4, -0.2) is 20.9 Å². The van der Waals surface area contributed by atoms with E-state index in [-0.39, 0.29) is 5.69 Å². The van der Waals surface area contributed by atoms with Crippen molar-refractivity contribution in [3.8, 4) is 0 Å². The van der Waals surface area contributed by atoms with E-state index in [0.717, 1.165) is 11.1 Å². The molecule has 0 aliphatic rings. The molecular weight excluding hydrogens is 302 g/mol. The molecule has 5 nitrogen and oxygen atoms in total. The van der Waals surface area contributed by atoms with Crippen LogP contribution in [0.1, 0.15) is 21.6 Å². The number of hydrogen-bond donors (Lipinski definition) is 2. The van der Waals surface area contributed by atoms with Gasteiger partial charge >= 0.3 is 5.97 Å². The fourth-order valence-electron chi connectivity index (χ4n) is 2.47. The lowest BCUT2D eigenvalue weighted by Gasteiger charge is -2.08. The topological polar surface area (TPSA) is 81.1 Å². The minimum Gasteiger partial charge on any atom is -0.476 e. The van der Waals surface area contributed by atoms with Crippen molar-refractivity contribution in [1.29, 1.82) is 0 Å². The Balaban J connectivity index is 2.14. The second kappa shape index (κ2) is 5.35. The molecule has 0 fully saturated rings. The van der Waals surface area contributed by atoms with E-state index in [1.807, 2.05) is 25.1 Å². The van der Waals surface area contributed by atoms with Crippen LogP contribution in [0.25, 0.3) is 10.9 Å². The van der Waals surface area contributed by atoms with Crippen LogP contribution in [-0.2, 0) is 6.54 Å². The van der Waals surface area contributed by atoms with Crippen molar-refractivity contribution in [1.82, 2.24) is 9.78 Å². The molecular formula is C16H14ClN3O2. The van der Waals surface area contributed by atoms with Gasteiger partial charge in [-0.3, -0.25) is 4.68 Å². The number of fused-ring (bicyclic) bond motifs is 1. The molecule has 0 saturated carbocycles. The molecule has 0 amide bonds. The van der Waals surface area contributed by atoms with Crippen LogP contribution in [0, 0.1) is 6.92 Å². The van der Waals surface area contributed by atoms with Gasteiger partial charge < -0.3 is 10.8 Å². The number of carbonyl (C=O) groups is 1. The van der Waals surface area contributed by atoms with Crippen molar-refractivity contribution in [2.75, 3.05) is 5.73 Å². The highest BCUT2D eigenvalue weighted by Gasteiger charge is 2.17. The van der Waals surface area contributed by atoms with E-state index in [0.29, 0.717) is 28.2 Å². The maximum atomic E-state index is 11.4. The average molecular weight is 316 g/mol. The zero-order valence-corrected chi connectivity index (χ0v) is 12.6. The molecule has 3 rings (SSSR count). The second-order valence-corrected chi connectivity index (χ2v) is 5.60. The number of nitrogens with zero attached hydrogens (tertiary/aromatic N) is 2. The second-order valence-electron chi connectivity index (χ2n) is 5.16. The van der Waals surface area contributed by atoms with Gasteiger partial charge in [-0.15, -0.1) is 0 Å². The van der Waals surface area contributed by atoms with Gasteiger partial charge in [0.2, 0.25) is 0 Å². The standard InChI is InChI=1S/C16H14ClN3O2/c1-9-6-11(17)3-2-10(9)8-20-14-7-12(18)4-5-13(14)15(19-20)16(21)22/h2-7H,8,18H2,1H3,(H,21,22). The third kappa shape index (κ3) is 2.51. The van der Waals surface area contributed by atoms with E-state index >= 15 is 0 Å². The van der Waals surface area contributed by atoms with Gasteiger partial charge in [-0.1, -0.05) is 17.7 Å². The number of hydrogen-bond acceptors (Lipinski definition) is 3. The molecule has 0 bridgehead atoms. The van der Waals surface area contributed by atoms with Gasteiger partial charge in [0.15, 0.2) is 5.69 Å². The van der Waals surface area contributed by atoms with Crippen LogP contribution in [0.3, 0.4) is 0 Å². The Hall–Kier alpha value is -2.53. The third-order valence-corrected chi connectivity index (χ3v) is 3.84. The first-order valence-electron chi connectivity index (χ1n) is 6.70. The minimum absolute atomic E-state index is 0.0293. The van der Waals surface area contributed by atoms with Crippen LogP contribution < -0.4 is 5.73 Å². The van der Waals surface area contributed by atoms with E-state index in [9.17, 15) is 9.90 Å². The van der Waals surface area contributed by atoms with E-state index in [1.54, 1.807) is 22.9 Å². The highest BCUT2D eigenvalue weighted by molar-refractivity contribution is 6.30. The number of aromatic nitrogens is 2. The average Bonchev–Trinajstić information content (AvgIpc) is 2.80. The molecule has 0 aliphatic heterocycles. The fourth-order valence-corrected chi connectivity index (χ4v) is 2.69. The number of aryl methyl sites for hydroxylation is 1. The molecule has 0 spiro atoms. The van der Waals surface area contributed by atoms with E-state index in [2.05, 4.69) is 5.10 Å². The van der Waals surface area contributed by atoms with E-state index in [4.69, 9.17) is 17.3 Å². The van der Waals surface area contributed by atoms with Gasteiger partial charge in [0.25, 0.3) is 0 Å². The minimum atomic E-state index is -1.05. The van der Waals surface area contributed by atoms with Crippen molar-refractivity contribution < 1.29 is 9.90 Å². The molecule has 0 aliphatic carbocycles.